The van der Waals surface area contributed by atoms with E-state index in [0.717, 1.165) is 24.6 Å². The fraction of sp³-hybridized carbons (Fsp3) is 0.692. The van der Waals surface area contributed by atoms with E-state index in [1.807, 2.05) is 18.7 Å². The maximum absolute atomic E-state index is 13.7. The average Bonchev–Trinajstić information content (AvgIpc) is 2.44. The molecular weight excluding hydrogens is 263 g/mol. The molecule has 2 N–H and O–H groups in total. The van der Waals surface area contributed by atoms with Crippen LogP contribution < -0.4 is 10.6 Å². The normalized spacial score (nSPS) is 23.1. The third kappa shape index (κ3) is 3.96. The zero-order valence-corrected chi connectivity index (χ0v) is 12.3. The van der Waals surface area contributed by atoms with Gasteiger partial charge < -0.3 is 10.6 Å². The van der Waals surface area contributed by atoms with Gasteiger partial charge in [0.1, 0.15) is 0 Å². The van der Waals surface area contributed by atoms with E-state index < -0.39 is 0 Å². The molecule has 0 aromatic carbocycles. The summed E-state index contributed by atoms with van der Waals surface area (Å²) in [5.74, 6) is 0.413. The van der Waals surface area contributed by atoms with Crippen LogP contribution in [0.5, 0.6) is 0 Å². The topological polar surface area (TPSA) is 49.8 Å². The largest absolute Gasteiger partial charge is 0.365 e. The molecule has 1 fully saturated rings. The molecule has 1 aromatic rings. The second kappa shape index (κ2) is 6.93. The number of rotatable bonds is 5. The van der Waals surface area contributed by atoms with Crippen LogP contribution in [-0.2, 0) is 0 Å². The van der Waals surface area contributed by atoms with Gasteiger partial charge in [0.25, 0.3) is 0 Å². The summed E-state index contributed by atoms with van der Waals surface area (Å²) in [7, 11) is 0. The van der Waals surface area contributed by atoms with E-state index in [1.165, 1.54) is 19.0 Å². The van der Waals surface area contributed by atoms with Crippen LogP contribution in [0.25, 0.3) is 0 Å². The first-order valence-corrected chi connectivity index (χ1v) is 8.07. The van der Waals surface area contributed by atoms with Crippen LogP contribution in [0.15, 0.2) is 6.20 Å². The molecule has 106 valence electrons. The fourth-order valence-electron chi connectivity index (χ4n) is 2.35. The Kier molecular flexibility index (Phi) is 5.24. The molecule has 1 heterocycles. The maximum atomic E-state index is 13.7. The lowest BCUT2D eigenvalue weighted by Crippen LogP contribution is -2.28. The van der Waals surface area contributed by atoms with Gasteiger partial charge in [0.15, 0.2) is 11.6 Å². The molecule has 0 bridgehead atoms. The molecule has 0 saturated heterocycles. The summed E-state index contributed by atoms with van der Waals surface area (Å²) in [6.07, 6.45) is 7.90. The number of hydrogen-bond donors (Lipinski definition) is 2. The van der Waals surface area contributed by atoms with Gasteiger partial charge in [-0.15, -0.1) is 0 Å². The Morgan fingerprint density at radius 2 is 2.11 bits per heavy atom. The molecule has 1 aliphatic carbocycles. The quantitative estimate of drug-likeness (QED) is 0.870. The molecule has 0 radical (unpaired) electrons. The molecule has 0 amide bonds. The first kappa shape index (κ1) is 14.4. The van der Waals surface area contributed by atoms with E-state index in [0.29, 0.717) is 17.8 Å². The number of hydrogen-bond acceptors (Lipinski definition) is 5. The molecule has 0 aliphatic heterocycles. The van der Waals surface area contributed by atoms with E-state index in [9.17, 15) is 4.39 Å². The van der Waals surface area contributed by atoms with Crippen molar-refractivity contribution < 1.29 is 4.39 Å². The smallest absolute Gasteiger partial charge is 0.224 e. The number of thioether (sulfide) groups is 1. The number of nitrogens with zero attached hydrogens (tertiary/aromatic N) is 2. The standard InChI is InChI=1S/C13H21FN4S/c1-3-15-13-16-8-11(14)12(18-13)17-9-4-6-10(19-2)7-5-9/h8-10H,3-7H2,1-2H3,(H2,15,16,17,18). The van der Waals surface area contributed by atoms with Crippen LogP contribution >= 0.6 is 11.8 Å². The van der Waals surface area contributed by atoms with Gasteiger partial charge in [-0.1, -0.05) is 0 Å². The highest BCUT2D eigenvalue weighted by Crippen LogP contribution is 2.28. The SMILES string of the molecule is CCNc1ncc(F)c(NC2CCC(SC)CC2)n1. The summed E-state index contributed by atoms with van der Waals surface area (Å²) in [5.41, 5.74) is 0. The zero-order chi connectivity index (χ0) is 13.7. The number of halogens is 1. The third-order valence-corrected chi connectivity index (χ3v) is 4.57. The number of nitrogens with one attached hydrogen (secondary N) is 2. The molecule has 4 nitrogen and oxygen atoms in total. The predicted octanol–water partition coefficient (Wildman–Crippen LogP) is 3.13. The Morgan fingerprint density at radius 1 is 1.37 bits per heavy atom. The number of anilines is 2. The molecular formula is C13H21FN4S. The lowest BCUT2D eigenvalue weighted by atomic mass is 9.95. The lowest BCUT2D eigenvalue weighted by molar-refractivity contribution is 0.469. The Labute approximate surface area is 118 Å². The van der Waals surface area contributed by atoms with Crippen molar-refractivity contribution in [3.63, 3.8) is 0 Å². The van der Waals surface area contributed by atoms with Gasteiger partial charge in [0, 0.05) is 17.8 Å². The molecule has 19 heavy (non-hydrogen) atoms. The van der Waals surface area contributed by atoms with Crippen molar-refractivity contribution in [3.8, 4) is 0 Å². The zero-order valence-electron chi connectivity index (χ0n) is 11.4. The van der Waals surface area contributed by atoms with Gasteiger partial charge in [-0.3, -0.25) is 0 Å². The van der Waals surface area contributed by atoms with E-state index in [1.54, 1.807) is 0 Å². The van der Waals surface area contributed by atoms with Gasteiger partial charge in [0.2, 0.25) is 5.95 Å². The van der Waals surface area contributed by atoms with Gasteiger partial charge in [-0.2, -0.15) is 16.7 Å². The van der Waals surface area contributed by atoms with E-state index in [2.05, 4.69) is 26.9 Å². The minimum atomic E-state index is -0.381. The summed E-state index contributed by atoms with van der Waals surface area (Å²) >= 11 is 1.93. The van der Waals surface area contributed by atoms with Crippen LogP contribution in [0.4, 0.5) is 16.2 Å². The van der Waals surface area contributed by atoms with Crippen molar-refractivity contribution >= 4 is 23.5 Å². The minimum Gasteiger partial charge on any atom is -0.365 e. The monoisotopic (exact) mass is 284 g/mol. The molecule has 6 heteroatoms. The second-order valence-electron chi connectivity index (χ2n) is 4.77. The van der Waals surface area contributed by atoms with Gasteiger partial charge in [-0.25, -0.2) is 9.37 Å². The van der Waals surface area contributed by atoms with Gasteiger partial charge in [0.05, 0.1) is 6.20 Å². The Hall–Kier alpha value is -1.04. The first-order valence-electron chi connectivity index (χ1n) is 6.78. The molecule has 0 atom stereocenters. The van der Waals surface area contributed by atoms with Gasteiger partial charge >= 0.3 is 0 Å². The summed E-state index contributed by atoms with van der Waals surface area (Å²) in [6, 6.07) is 0.322. The summed E-state index contributed by atoms with van der Waals surface area (Å²) < 4.78 is 13.7. The van der Waals surface area contributed by atoms with Crippen LogP contribution in [0.2, 0.25) is 0 Å². The summed E-state index contributed by atoms with van der Waals surface area (Å²) in [5, 5.41) is 6.97. The third-order valence-electron chi connectivity index (χ3n) is 3.43. The maximum Gasteiger partial charge on any atom is 0.224 e. The predicted molar refractivity (Wildman–Crippen MR) is 79.3 cm³/mol. The van der Waals surface area contributed by atoms with Crippen molar-refractivity contribution in [2.75, 3.05) is 23.4 Å². The average molecular weight is 284 g/mol. The summed E-state index contributed by atoms with van der Waals surface area (Å²) in [6.45, 7) is 2.69. The molecule has 1 saturated carbocycles. The highest BCUT2D eigenvalue weighted by molar-refractivity contribution is 7.99. The van der Waals surface area contributed by atoms with Crippen molar-refractivity contribution in [1.29, 1.82) is 0 Å². The van der Waals surface area contributed by atoms with Crippen molar-refractivity contribution in [2.24, 2.45) is 0 Å². The minimum absolute atomic E-state index is 0.318. The molecule has 0 spiro atoms. The van der Waals surface area contributed by atoms with Crippen molar-refractivity contribution in [3.05, 3.63) is 12.0 Å². The molecule has 1 aromatic heterocycles. The van der Waals surface area contributed by atoms with Crippen LogP contribution in [-0.4, -0.2) is 34.1 Å². The van der Waals surface area contributed by atoms with Crippen LogP contribution in [0.1, 0.15) is 32.6 Å². The first-order chi connectivity index (χ1) is 9.22. The highest BCUT2D eigenvalue weighted by atomic mass is 32.2. The Bertz CT molecular complexity index is 408. The van der Waals surface area contributed by atoms with Crippen LogP contribution in [0, 0.1) is 5.82 Å². The van der Waals surface area contributed by atoms with E-state index in [-0.39, 0.29) is 5.82 Å². The van der Waals surface area contributed by atoms with Gasteiger partial charge in [-0.05, 0) is 38.9 Å². The van der Waals surface area contributed by atoms with Crippen molar-refractivity contribution in [1.82, 2.24) is 9.97 Å². The number of aromatic nitrogens is 2. The second-order valence-corrected chi connectivity index (χ2v) is 5.91. The van der Waals surface area contributed by atoms with E-state index >= 15 is 0 Å². The fourth-order valence-corrected chi connectivity index (χ4v) is 3.09. The highest BCUT2D eigenvalue weighted by Gasteiger charge is 2.21. The lowest BCUT2D eigenvalue weighted by Gasteiger charge is -2.28. The molecule has 1 aliphatic rings. The van der Waals surface area contributed by atoms with Crippen molar-refractivity contribution in [2.45, 2.75) is 43.9 Å². The Balaban J connectivity index is 1.96. The van der Waals surface area contributed by atoms with E-state index in [4.69, 9.17) is 0 Å². The Morgan fingerprint density at radius 3 is 2.74 bits per heavy atom. The molecule has 2 rings (SSSR count). The summed E-state index contributed by atoms with van der Waals surface area (Å²) in [4.78, 5) is 8.09. The molecule has 0 unspecified atom stereocenters. The van der Waals surface area contributed by atoms with Crippen LogP contribution in [0.3, 0.4) is 0 Å².